The maximum atomic E-state index is 12.1. The Bertz CT molecular complexity index is 751. The summed E-state index contributed by atoms with van der Waals surface area (Å²) in [5.74, 6) is 1.49. The van der Waals surface area contributed by atoms with E-state index in [1.54, 1.807) is 38.5 Å². The van der Waals surface area contributed by atoms with Crippen molar-refractivity contribution in [1.82, 2.24) is 15.2 Å². The van der Waals surface area contributed by atoms with E-state index in [1.807, 2.05) is 19.0 Å². The maximum Gasteiger partial charge on any atom is 0.252 e. The van der Waals surface area contributed by atoms with Gasteiger partial charge in [0.25, 0.3) is 5.91 Å². The van der Waals surface area contributed by atoms with Gasteiger partial charge in [0.15, 0.2) is 0 Å². The fourth-order valence-corrected chi connectivity index (χ4v) is 2.42. The molecule has 2 N–H and O–H groups in total. The molecule has 0 atom stereocenters. The second-order valence-electron chi connectivity index (χ2n) is 5.80. The van der Waals surface area contributed by atoms with Crippen LogP contribution >= 0.6 is 11.6 Å². The van der Waals surface area contributed by atoms with Gasteiger partial charge in [0, 0.05) is 31.4 Å². The highest BCUT2D eigenvalue weighted by molar-refractivity contribution is 6.32. The number of hydrogen-bond acceptors (Lipinski definition) is 6. The van der Waals surface area contributed by atoms with Gasteiger partial charge in [0.2, 0.25) is 0 Å². The van der Waals surface area contributed by atoms with Crippen LogP contribution in [0.2, 0.25) is 5.02 Å². The number of hydrogen-bond donors (Lipinski definition) is 2. The molecule has 1 aromatic heterocycles. The summed E-state index contributed by atoms with van der Waals surface area (Å²) >= 11 is 6.10. The second-order valence-corrected chi connectivity index (χ2v) is 6.21. The molecule has 0 aliphatic heterocycles. The standard InChI is InChI=1S/C18H23ClN4O3/c1-23(2)8-7-20-18(24)12-5-6-17(21-11-12)22-14-10-15(25-3)13(19)9-16(14)26-4/h5-6,9-11H,7-8H2,1-4H3,(H,20,24)(H,21,22). The number of anilines is 2. The van der Waals surface area contributed by atoms with E-state index in [9.17, 15) is 4.79 Å². The van der Waals surface area contributed by atoms with Gasteiger partial charge in [0.1, 0.15) is 17.3 Å². The van der Waals surface area contributed by atoms with Crippen molar-refractivity contribution in [2.75, 3.05) is 46.7 Å². The second kappa shape index (κ2) is 9.26. The summed E-state index contributed by atoms with van der Waals surface area (Å²) in [6.07, 6.45) is 1.52. The number of ether oxygens (including phenoxy) is 2. The number of pyridine rings is 1. The predicted octanol–water partition coefficient (Wildman–Crippen LogP) is 2.79. The zero-order valence-corrected chi connectivity index (χ0v) is 16.1. The van der Waals surface area contributed by atoms with Crippen LogP contribution in [-0.2, 0) is 0 Å². The molecule has 0 saturated carbocycles. The zero-order chi connectivity index (χ0) is 19.1. The fourth-order valence-electron chi connectivity index (χ4n) is 2.19. The van der Waals surface area contributed by atoms with Crippen LogP contribution in [0.1, 0.15) is 10.4 Å². The van der Waals surface area contributed by atoms with Crippen molar-refractivity contribution in [2.45, 2.75) is 0 Å². The topological polar surface area (TPSA) is 75.7 Å². The molecule has 26 heavy (non-hydrogen) atoms. The number of likely N-dealkylation sites (N-methyl/N-ethyl adjacent to an activating group) is 1. The molecular weight excluding hydrogens is 356 g/mol. The van der Waals surface area contributed by atoms with Crippen molar-refractivity contribution in [3.05, 3.63) is 41.0 Å². The Kier molecular flexibility index (Phi) is 7.06. The molecule has 8 heteroatoms. The van der Waals surface area contributed by atoms with E-state index >= 15 is 0 Å². The first-order valence-corrected chi connectivity index (χ1v) is 8.40. The fraction of sp³-hybridized carbons (Fsp3) is 0.333. The molecule has 0 spiro atoms. The van der Waals surface area contributed by atoms with E-state index in [2.05, 4.69) is 15.6 Å². The molecule has 7 nitrogen and oxygen atoms in total. The molecule has 2 aromatic rings. The number of nitrogens with one attached hydrogen (secondary N) is 2. The van der Waals surface area contributed by atoms with Crippen molar-refractivity contribution in [1.29, 1.82) is 0 Å². The summed E-state index contributed by atoms with van der Waals surface area (Å²) in [5.41, 5.74) is 1.15. The Morgan fingerprint density at radius 3 is 2.50 bits per heavy atom. The zero-order valence-electron chi connectivity index (χ0n) is 15.3. The molecule has 1 aromatic carbocycles. The highest BCUT2D eigenvalue weighted by atomic mass is 35.5. The van der Waals surface area contributed by atoms with Gasteiger partial charge >= 0.3 is 0 Å². The average Bonchev–Trinajstić information content (AvgIpc) is 2.63. The van der Waals surface area contributed by atoms with E-state index in [0.717, 1.165) is 6.54 Å². The lowest BCUT2D eigenvalue weighted by atomic mass is 10.2. The Morgan fingerprint density at radius 2 is 1.92 bits per heavy atom. The van der Waals surface area contributed by atoms with E-state index in [0.29, 0.717) is 40.1 Å². The Morgan fingerprint density at radius 1 is 1.19 bits per heavy atom. The third-order valence-corrected chi connectivity index (χ3v) is 3.90. The van der Waals surface area contributed by atoms with E-state index in [-0.39, 0.29) is 5.91 Å². The Balaban J connectivity index is 2.08. The molecule has 0 aliphatic carbocycles. The number of methoxy groups -OCH3 is 2. The molecule has 0 unspecified atom stereocenters. The summed E-state index contributed by atoms with van der Waals surface area (Å²) in [5, 5.41) is 6.43. The first-order valence-electron chi connectivity index (χ1n) is 8.02. The van der Waals surface area contributed by atoms with Gasteiger partial charge in [-0.05, 0) is 26.2 Å². The Labute approximate surface area is 158 Å². The maximum absolute atomic E-state index is 12.1. The summed E-state index contributed by atoms with van der Waals surface area (Å²) in [6.45, 7) is 1.35. The van der Waals surface area contributed by atoms with Gasteiger partial charge in [-0.3, -0.25) is 4.79 Å². The number of nitrogens with zero attached hydrogens (tertiary/aromatic N) is 2. The van der Waals surface area contributed by atoms with Gasteiger partial charge in [-0.1, -0.05) is 11.6 Å². The Hall–Kier alpha value is -2.51. The number of halogens is 1. The summed E-state index contributed by atoms with van der Waals surface area (Å²) in [7, 11) is 7.00. The van der Waals surface area contributed by atoms with Crippen molar-refractivity contribution in [2.24, 2.45) is 0 Å². The minimum Gasteiger partial charge on any atom is -0.495 e. The number of carbonyl (C=O) groups excluding carboxylic acids is 1. The van der Waals surface area contributed by atoms with E-state index in [1.165, 1.54) is 6.20 Å². The predicted molar refractivity (Wildman–Crippen MR) is 103 cm³/mol. The van der Waals surface area contributed by atoms with Crippen molar-refractivity contribution in [3.63, 3.8) is 0 Å². The van der Waals surface area contributed by atoms with Crippen LogP contribution in [0.5, 0.6) is 11.5 Å². The van der Waals surface area contributed by atoms with Crippen molar-refractivity contribution in [3.8, 4) is 11.5 Å². The SMILES string of the molecule is COc1cc(Nc2ccc(C(=O)NCCN(C)C)cn2)c(OC)cc1Cl. The number of benzene rings is 1. The molecule has 2 rings (SSSR count). The van der Waals surface area contributed by atoms with Crippen LogP contribution in [0.4, 0.5) is 11.5 Å². The first-order chi connectivity index (χ1) is 12.4. The normalized spacial score (nSPS) is 10.5. The molecule has 0 bridgehead atoms. The third kappa shape index (κ3) is 5.24. The van der Waals surface area contributed by atoms with Crippen LogP contribution in [0.15, 0.2) is 30.5 Å². The summed E-state index contributed by atoms with van der Waals surface area (Å²) in [6, 6.07) is 6.82. The number of rotatable bonds is 8. The minimum atomic E-state index is -0.156. The first kappa shape index (κ1) is 19.8. The van der Waals surface area contributed by atoms with E-state index < -0.39 is 0 Å². The largest absolute Gasteiger partial charge is 0.495 e. The van der Waals surface area contributed by atoms with Gasteiger partial charge in [-0.25, -0.2) is 4.98 Å². The minimum absolute atomic E-state index is 0.156. The lowest BCUT2D eigenvalue weighted by Gasteiger charge is -2.14. The number of aromatic nitrogens is 1. The molecule has 0 saturated heterocycles. The molecule has 0 aliphatic rings. The van der Waals surface area contributed by atoms with Crippen LogP contribution in [0.3, 0.4) is 0 Å². The van der Waals surface area contributed by atoms with Gasteiger partial charge in [0.05, 0.1) is 30.5 Å². The van der Waals surface area contributed by atoms with E-state index in [4.69, 9.17) is 21.1 Å². The van der Waals surface area contributed by atoms with Gasteiger partial charge in [-0.15, -0.1) is 0 Å². The number of carbonyl (C=O) groups is 1. The molecular formula is C18H23ClN4O3. The smallest absolute Gasteiger partial charge is 0.252 e. The third-order valence-electron chi connectivity index (χ3n) is 3.61. The van der Waals surface area contributed by atoms with Crippen molar-refractivity contribution < 1.29 is 14.3 Å². The van der Waals surface area contributed by atoms with Crippen LogP contribution in [0.25, 0.3) is 0 Å². The van der Waals surface area contributed by atoms with Crippen molar-refractivity contribution >= 4 is 29.0 Å². The lowest BCUT2D eigenvalue weighted by molar-refractivity contribution is 0.0950. The van der Waals surface area contributed by atoms with Gasteiger partial charge < -0.3 is 25.0 Å². The highest BCUT2D eigenvalue weighted by Gasteiger charge is 2.11. The molecule has 140 valence electrons. The number of amides is 1. The summed E-state index contributed by atoms with van der Waals surface area (Å²) < 4.78 is 10.5. The highest BCUT2D eigenvalue weighted by Crippen LogP contribution is 2.37. The lowest BCUT2D eigenvalue weighted by Crippen LogP contribution is -2.31. The summed E-state index contributed by atoms with van der Waals surface area (Å²) in [4.78, 5) is 18.4. The quantitative estimate of drug-likeness (QED) is 0.735. The molecule has 0 fully saturated rings. The van der Waals surface area contributed by atoms with Crippen LogP contribution < -0.4 is 20.1 Å². The van der Waals surface area contributed by atoms with Crippen LogP contribution in [-0.4, -0.2) is 57.2 Å². The van der Waals surface area contributed by atoms with Crippen LogP contribution in [0, 0.1) is 0 Å². The van der Waals surface area contributed by atoms with Gasteiger partial charge in [-0.2, -0.15) is 0 Å². The molecule has 1 heterocycles. The average molecular weight is 379 g/mol. The monoisotopic (exact) mass is 378 g/mol. The molecule has 1 amide bonds. The molecule has 0 radical (unpaired) electrons.